The first-order chi connectivity index (χ1) is 11.6. The van der Waals surface area contributed by atoms with Crippen LogP contribution in [0.25, 0.3) is 0 Å². The van der Waals surface area contributed by atoms with Gasteiger partial charge in [-0.3, -0.25) is 14.5 Å². The molecule has 6 heteroatoms. The van der Waals surface area contributed by atoms with Crippen molar-refractivity contribution in [1.82, 2.24) is 4.98 Å². The summed E-state index contributed by atoms with van der Waals surface area (Å²) in [6.45, 7) is 4.02. The van der Waals surface area contributed by atoms with Gasteiger partial charge in [-0.2, -0.15) is 0 Å². The molecule has 24 heavy (non-hydrogen) atoms. The second kappa shape index (κ2) is 7.05. The predicted molar refractivity (Wildman–Crippen MR) is 96.5 cm³/mol. The van der Waals surface area contributed by atoms with Gasteiger partial charge in [0.1, 0.15) is 11.6 Å². The van der Waals surface area contributed by atoms with Gasteiger partial charge in [-0.25, -0.2) is 4.98 Å². The Morgan fingerprint density at radius 2 is 2.17 bits per heavy atom. The number of amides is 2. The number of aromatic nitrogens is 1. The molecule has 0 spiro atoms. The summed E-state index contributed by atoms with van der Waals surface area (Å²) in [5, 5.41) is 3.76. The molecule has 2 amide bonds. The Labute approximate surface area is 145 Å². The van der Waals surface area contributed by atoms with Crippen LogP contribution in [-0.4, -0.2) is 29.1 Å². The SMILES string of the molecule is CCc1cccc(C)c1NC(=O)CN1C(=O)CSc2ncccc21. The van der Waals surface area contributed by atoms with Crippen molar-refractivity contribution < 1.29 is 9.59 Å². The van der Waals surface area contributed by atoms with Gasteiger partial charge in [0.25, 0.3) is 0 Å². The van der Waals surface area contributed by atoms with Crippen molar-refractivity contribution in [3.8, 4) is 0 Å². The van der Waals surface area contributed by atoms with Crippen molar-refractivity contribution in [3.63, 3.8) is 0 Å². The van der Waals surface area contributed by atoms with Crippen molar-refractivity contribution in [2.75, 3.05) is 22.5 Å². The number of para-hydroxylation sites is 1. The fourth-order valence-electron chi connectivity index (χ4n) is 2.74. The number of anilines is 2. The van der Waals surface area contributed by atoms with Crippen LogP contribution < -0.4 is 10.2 Å². The van der Waals surface area contributed by atoms with Crippen LogP contribution in [0.3, 0.4) is 0 Å². The molecule has 1 aliphatic rings. The second-order valence-corrected chi connectivity index (χ2v) is 6.57. The zero-order valence-electron chi connectivity index (χ0n) is 13.7. The lowest BCUT2D eigenvalue weighted by atomic mass is 10.1. The molecule has 0 atom stereocenters. The highest BCUT2D eigenvalue weighted by Gasteiger charge is 2.27. The van der Waals surface area contributed by atoms with E-state index in [0.717, 1.165) is 28.3 Å². The van der Waals surface area contributed by atoms with Gasteiger partial charge in [-0.1, -0.05) is 36.9 Å². The molecule has 0 bridgehead atoms. The molecule has 1 aliphatic heterocycles. The minimum absolute atomic E-state index is 0.00439. The van der Waals surface area contributed by atoms with E-state index in [1.54, 1.807) is 12.3 Å². The van der Waals surface area contributed by atoms with Gasteiger partial charge in [0, 0.05) is 11.9 Å². The van der Waals surface area contributed by atoms with E-state index >= 15 is 0 Å². The largest absolute Gasteiger partial charge is 0.324 e. The fraction of sp³-hybridized carbons (Fsp3) is 0.278. The molecule has 2 heterocycles. The molecule has 0 radical (unpaired) electrons. The Morgan fingerprint density at radius 3 is 2.96 bits per heavy atom. The number of rotatable bonds is 4. The number of thioether (sulfide) groups is 1. The predicted octanol–water partition coefficient (Wildman–Crippen LogP) is 3.03. The minimum atomic E-state index is -0.200. The molecule has 124 valence electrons. The lowest BCUT2D eigenvalue weighted by Crippen LogP contribution is -2.41. The highest BCUT2D eigenvalue weighted by atomic mass is 32.2. The van der Waals surface area contributed by atoms with E-state index in [1.807, 2.05) is 31.2 Å². The van der Waals surface area contributed by atoms with Crippen molar-refractivity contribution >= 4 is 35.0 Å². The maximum Gasteiger partial charge on any atom is 0.244 e. The number of nitrogens with one attached hydrogen (secondary N) is 1. The quantitative estimate of drug-likeness (QED) is 0.928. The van der Waals surface area contributed by atoms with Crippen LogP contribution in [0.1, 0.15) is 18.1 Å². The number of carbonyl (C=O) groups excluding carboxylic acids is 2. The summed E-state index contributed by atoms with van der Waals surface area (Å²) in [4.78, 5) is 30.5. The fourth-order valence-corrected chi connectivity index (χ4v) is 3.62. The summed E-state index contributed by atoms with van der Waals surface area (Å²) >= 11 is 1.41. The molecule has 0 saturated carbocycles. The number of fused-ring (bicyclic) bond motifs is 1. The van der Waals surface area contributed by atoms with Gasteiger partial charge in [-0.15, -0.1) is 0 Å². The summed E-state index contributed by atoms with van der Waals surface area (Å²) in [5.41, 5.74) is 3.65. The molecule has 0 saturated heterocycles. The lowest BCUT2D eigenvalue weighted by molar-refractivity contribution is -0.120. The molecule has 0 fully saturated rings. The minimum Gasteiger partial charge on any atom is -0.324 e. The number of nitrogens with zero attached hydrogens (tertiary/aromatic N) is 2. The highest BCUT2D eigenvalue weighted by Crippen LogP contribution is 2.33. The molecule has 1 N–H and O–H groups in total. The summed E-state index contributed by atoms with van der Waals surface area (Å²) in [5.74, 6) is 0.0344. The maximum absolute atomic E-state index is 12.5. The monoisotopic (exact) mass is 341 g/mol. The maximum atomic E-state index is 12.5. The van der Waals surface area contributed by atoms with Crippen LogP contribution >= 0.6 is 11.8 Å². The normalized spacial score (nSPS) is 13.6. The zero-order chi connectivity index (χ0) is 17.1. The topological polar surface area (TPSA) is 62.3 Å². The van der Waals surface area contributed by atoms with Crippen molar-refractivity contribution in [2.45, 2.75) is 25.3 Å². The van der Waals surface area contributed by atoms with Gasteiger partial charge < -0.3 is 5.32 Å². The Bertz CT molecular complexity index is 792. The van der Waals surface area contributed by atoms with Crippen molar-refractivity contribution in [2.24, 2.45) is 0 Å². The van der Waals surface area contributed by atoms with E-state index in [0.29, 0.717) is 11.4 Å². The number of pyridine rings is 1. The highest BCUT2D eigenvalue weighted by molar-refractivity contribution is 8.00. The molecule has 0 aliphatic carbocycles. The Balaban J connectivity index is 1.80. The van der Waals surface area contributed by atoms with Gasteiger partial charge in [0.05, 0.1) is 11.4 Å². The van der Waals surface area contributed by atoms with Crippen LogP contribution in [0.15, 0.2) is 41.6 Å². The Morgan fingerprint density at radius 1 is 1.33 bits per heavy atom. The van der Waals surface area contributed by atoms with Gasteiger partial charge in [0.2, 0.25) is 11.8 Å². The molecular weight excluding hydrogens is 322 g/mol. The van der Waals surface area contributed by atoms with E-state index in [4.69, 9.17) is 0 Å². The summed E-state index contributed by atoms with van der Waals surface area (Å²) in [6, 6.07) is 9.56. The summed E-state index contributed by atoms with van der Waals surface area (Å²) < 4.78 is 0. The van der Waals surface area contributed by atoms with Crippen LogP contribution in [0, 0.1) is 6.92 Å². The number of carbonyl (C=O) groups is 2. The molecular formula is C18H19N3O2S. The average Bonchev–Trinajstić information content (AvgIpc) is 2.59. The Hall–Kier alpha value is -2.34. The molecule has 1 aromatic carbocycles. The first-order valence-electron chi connectivity index (χ1n) is 7.86. The first-order valence-corrected chi connectivity index (χ1v) is 8.85. The molecule has 2 aromatic rings. The van der Waals surface area contributed by atoms with E-state index in [1.165, 1.54) is 16.7 Å². The molecule has 5 nitrogen and oxygen atoms in total. The van der Waals surface area contributed by atoms with Crippen LogP contribution in [0.5, 0.6) is 0 Å². The third-order valence-electron chi connectivity index (χ3n) is 3.98. The number of benzene rings is 1. The number of aryl methyl sites for hydroxylation is 2. The molecule has 0 unspecified atom stereocenters. The van der Waals surface area contributed by atoms with Gasteiger partial charge in [-0.05, 0) is 36.6 Å². The summed E-state index contributed by atoms with van der Waals surface area (Å²) in [6.07, 6.45) is 2.53. The number of hydrogen-bond donors (Lipinski definition) is 1. The van der Waals surface area contributed by atoms with E-state index in [-0.39, 0.29) is 18.4 Å². The van der Waals surface area contributed by atoms with Crippen molar-refractivity contribution in [3.05, 3.63) is 47.7 Å². The van der Waals surface area contributed by atoms with Crippen molar-refractivity contribution in [1.29, 1.82) is 0 Å². The third kappa shape index (κ3) is 3.28. The summed E-state index contributed by atoms with van der Waals surface area (Å²) in [7, 11) is 0. The van der Waals surface area contributed by atoms with E-state index < -0.39 is 0 Å². The second-order valence-electron chi connectivity index (χ2n) is 5.61. The number of hydrogen-bond acceptors (Lipinski definition) is 4. The van der Waals surface area contributed by atoms with Crippen LogP contribution in [0.2, 0.25) is 0 Å². The first kappa shape index (κ1) is 16.5. The van der Waals surface area contributed by atoms with Gasteiger partial charge >= 0.3 is 0 Å². The smallest absolute Gasteiger partial charge is 0.244 e. The van der Waals surface area contributed by atoms with E-state index in [2.05, 4.69) is 17.2 Å². The third-order valence-corrected chi connectivity index (χ3v) is 4.96. The zero-order valence-corrected chi connectivity index (χ0v) is 14.5. The standard InChI is InChI=1S/C18H19N3O2S/c1-3-13-7-4-6-12(2)17(13)20-15(22)10-21-14-8-5-9-19-18(14)24-11-16(21)23/h4-9H,3,10-11H2,1-2H3,(H,20,22). The van der Waals surface area contributed by atoms with Crippen LogP contribution in [-0.2, 0) is 16.0 Å². The van der Waals surface area contributed by atoms with E-state index in [9.17, 15) is 9.59 Å². The van der Waals surface area contributed by atoms with Gasteiger partial charge in [0.15, 0.2) is 0 Å². The molecule has 3 rings (SSSR count). The Kier molecular flexibility index (Phi) is 4.85. The molecule has 1 aromatic heterocycles. The average molecular weight is 341 g/mol. The lowest BCUT2D eigenvalue weighted by Gasteiger charge is -2.27. The van der Waals surface area contributed by atoms with Crippen LogP contribution in [0.4, 0.5) is 11.4 Å².